The number of amides is 2. The zero-order valence-corrected chi connectivity index (χ0v) is 16.3. The number of nitrogens with zero attached hydrogens (tertiary/aromatic N) is 1. The van der Waals surface area contributed by atoms with Crippen molar-refractivity contribution in [2.24, 2.45) is 16.9 Å². The molecule has 142 valence electrons. The summed E-state index contributed by atoms with van der Waals surface area (Å²) in [7, 11) is 0. The summed E-state index contributed by atoms with van der Waals surface area (Å²) in [5.41, 5.74) is 5.59. The molecule has 0 aliphatic heterocycles. The topological polar surface area (TPSA) is 70.6 Å². The third-order valence-electron chi connectivity index (χ3n) is 3.92. The monoisotopic (exact) mass is 365 g/mol. The molecule has 2 amide bonds. The van der Waals surface area contributed by atoms with Crippen LogP contribution in [-0.2, 0) is 4.79 Å². The second kappa shape index (κ2) is 9.67. The first kappa shape index (κ1) is 20.4. The van der Waals surface area contributed by atoms with Crippen LogP contribution in [0.1, 0.15) is 50.0 Å². The molecule has 0 spiro atoms. The van der Waals surface area contributed by atoms with Gasteiger partial charge < -0.3 is 5.32 Å². The van der Waals surface area contributed by atoms with Crippen molar-refractivity contribution in [2.75, 3.05) is 5.32 Å². The molecule has 0 saturated heterocycles. The van der Waals surface area contributed by atoms with Crippen LogP contribution in [0.2, 0.25) is 0 Å². The SMILES string of the molecule is CC(C)CC(=O)Nc1ccc(C(=O)NN=C(c2ccccc2)C(C)C)cc1. The van der Waals surface area contributed by atoms with Crippen LogP contribution >= 0.6 is 0 Å². The lowest BCUT2D eigenvalue weighted by Crippen LogP contribution is -2.22. The van der Waals surface area contributed by atoms with Gasteiger partial charge in [-0.25, -0.2) is 5.43 Å². The maximum absolute atomic E-state index is 12.4. The molecular weight excluding hydrogens is 338 g/mol. The molecule has 5 heteroatoms. The van der Waals surface area contributed by atoms with E-state index in [1.807, 2.05) is 58.0 Å². The van der Waals surface area contributed by atoms with Crippen molar-refractivity contribution < 1.29 is 9.59 Å². The van der Waals surface area contributed by atoms with Gasteiger partial charge in [0, 0.05) is 17.7 Å². The van der Waals surface area contributed by atoms with Gasteiger partial charge in [0.2, 0.25) is 5.91 Å². The van der Waals surface area contributed by atoms with Crippen molar-refractivity contribution in [1.82, 2.24) is 5.43 Å². The summed E-state index contributed by atoms with van der Waals surface area (Å²) in [6.07, 6.45) is 0.467. The van der Waals surface area contributed by atoms with E-state index in [-0.39, 0.29) is 17.7 Å². The van der Waals surface area contributed by atoms with Gasteiger partial charge in [-0.3, -0.25) is 9.59 Å². The van der Waals surface area contributed by atoms with E-state index in [0.29, 0.717) is 23.6 Å². The zero-order chi connectivity index (χ0) is 19.8. The van der Waals surface area contributed by atoms with Gasteiger partial charge >= 0.3 is 0 Å². The molecule has 0 saturated carbocycles. The van der Waals surface area contributed by atoms with E-state index >= 15 is 0 Å². The molecule has 2 aromatic rings. The minimum absolute atomic E-state index is 0.0313. The van der Waals surface area contributed by atoms with Gasteiger partial charge in [-0.2, -0.15) is 5.10 Å². The molecule has 2 aromatic carbocycles. The van der Waals surface area contributed by atoms with E-state index < -0.39 is 0 Å². The number of anilines is 1. The summed E-state index contributed by atoms with van der Waals surface area (Å²) in [5.74, 6) is 0.152. The van der Waals surface area contributed by atoms with Crippen LogP contribution in [0.15, 0.2) is 59.7 Å². The van der Waals surface area contributed by atoms with Crippen molar-refractivity contribution in [1.29, 1.82) is 0 Å². The van der Waals surface area contributed by atoms with E-state index in [2.05, 4.69) is 15.8 Å². The number of carbonyl (C=O) groups is 2. The molecule has 2 rings (SSSR count). The summed E-state index contributed by atoms with van der Waals surface area (Å²) < 4.78 is 0. The van der Waals surface area contributed by atoms with Crippen LogP contribution < -0.4 is 10.7 Å². The fourth-order valence-electron chi connectivity index (χ4n) is 2.60. The lowest BCUT2D eigenvalue weighted by Gasteiger charge is -2.11. The van der Waals surface area contributed by atoms with Gasteiger partial charge in [0.25, 0.3) is 5.91 Å². The molecule has 0 aliphatic carbocycles. The maximum Gasteiger partial charge on any atom is 0.271 e. The van der Waals surface area contributed by atoms with E-state index in [1.54, 1.807) is 24.3 Å². The predicted octanol–water partition coefficient (Wildman–Crippen LogP) is 4.46. The number of benzene rings is 2. The fourth-order valence-corrected chi connectivity index (χ4v) is 2.60. The van der Waals surface area contributed by atoms with E-state index in [0.717, 1.165) is 11.3 Å². The van der Waals surface area contributed by atoms with Crippen molar-refractivity contribution >= 4 is 23.2 Å². The Kier molecular flexibility index (Phi) is 7.29. The number of rotatable bonds is 7. The van der Waals surface area contributed by atoms with Crippen LogP contribution in [0.3, 0.4) is 0 Å². The van der Waals surface area contributed by atoms with Crippen LogP contribution in [-0.4, -0.2) is 17.5 Å². The highest BCUT2D eigenvalue weighted by Gasteiger charge is 2.11. The molecule has 2 N–H and O–H groups in total. The largest absolute Gasteiger partial charge is 0.326 e. The smallest absolute Gasteiger partial charge is 0.271 e. The standard InChI is InChI=1S/C22H27N3O2/c1-15(2)14-20(26)23-19-12-10-18(11-13-19)22(27)25-24-21(16(3)4)17-8-6-5-7-9-17/h5-13,15-16H,14H2,1-4H3,(H,23,26)(H,25,27). The lowest BCUT2D eigenvalue weighted by molar-refractivity contribution is -0.116. The molecule has 5 nitrogen and oxygen atoms in total. The summed E-state index contributed by atoms with van der Waals surface area (Å²) in [4.78, 5) is 24.2. The molecule has 0 unspecified atom stereocenters. The first-order valence-electron chi connectivity index (χ1n) is 9.20. The van der Waals surface area contributed by atoms with E-state index in [9.17, 15) is 9.59 Å². The molecule has 27 heavy (non-hydrogen) atoms. The number of hydrazone groups is 1. The van der Waals surface area contributed by atoms with Gasteiger partial charge in [-0.15, -0.1) is 0 Å². The van der Waals surface area contributed by atoms with Crippen molar-refractivity contribution in [2.45, 2.75) is 34.1 Å². The van der Waals surface area contributed by atoms with E-state index in [4.69, 9.17) is 0 Å². The van der Waals surface area contributed by atoms with Crippen molar-refractivity contribution in [3.8, 4) is 0 Å². The second-order valence-corrected chi connectivity index (χ2v) is 7.18. The Morgan fingerprint density at radius 3 is 2.07 bits per heavy atom. The van der Waals surface area contributed by atoms with Gasteiger partial charge in [0.1, 0.15) is 0 Å². The normalized spacial score (nSPS) is 11.6. The Hall–Kier alpha value is -2.95. The highest BCUT2D eigenvalue weighted by atomic mass is 16.2. The Labute approximate surface area is 160 Å². The summed E-state index contributed by atoms with van der Waals surface area (Å²) >= 11 is 0. The van der Waals surface area contributed by atoms with Crippen molar-refractivity contribution in [3.05, 3.63) is 65.7 Å². The van der Waals surface area contributed by atoms with Crippen LogP contribution in [0, 0.1) is 11.8 Å². The molecule has 0 heterocycles. The predicted molar refractivity (Wildman–Crippen MR) is 110 cm³/mol. The van der Waals surface area contributed by atoms with Gasteiger partial charge in [0.15, 0.2) is 0 Å². The number of nitrogens with one attached hydrogen (secondary N) is 2. The first-order chi connectivity index (χ1) is 12.9. The van der Waals surface area contributed by atoms with Crippen molar-refractivity contribution in [3.63, 3.8) is 0 Å². The molecule has 0 atom stereocenters. The third-order valence-corrected chi connectivity index (χ3v) is 3.92. The minimum Gasteiger partial charge on any atom is -0.326 e. The maximum atomic E-state index is 12.4. The van der Waals surface area contributed by atoms with Crippen LogP contribution in [0.4, 0.5) is 5.69 Å². The molecular formula is C22H27N3O2. The minimum atomic E-state index is -0.288. The quantitative estimate of drug-likeness (QED) is 0.562. The Balaban J connectivity index is 2.04. The molecule has 0 aliphatic rings. The Morgan fingerprint density at radius 1 is 0.889 bits per heavy atom. The van der Waals surface area contributed by atoms with Gasteiger partial charge in [-0.1, -0.05) is 58.0 Å². The number of hydrogen-bond donors (Lipinski definition) is 2. The highest BCUT2D eigenvalue weighted by Crippen LogP contribution is 2.12. The number of hydrogen-bond acceptors (Lipinski definition) is 3. The second-order valence-electron chi connectivity index (χ2n) is 7.18. The molecule has 0 bridgehead atoms. The third kappa shape index (κ3) is 6.37. The first-order valence-corrected chi connectivity index (χ1v) is 9.20. The molecule has 0 fully saturated rings. The van der Waals surface area contributed by atoms with E-state index in [1.165, 1.54) is 0 Å². The van der Waals surface area contributed by atoms with Crippen LogP contribution in [0.25, 0.3) is 0 Å². The highest BCUT2D eigenvalue weighted by molar-refractivity contribution is 6.03. The zero-order valence-electron chi connectivity index (χ0n) is 16.3. The van der Waals surface area contributed by atoms with Crippen LogP contribution in [0.5, 0.6) is 0 Å². The molecule has 0 radical (unpaired) electrons. The fraction of sp³-hybridized carbons (Fsp3) is 0.318. The lowest BCUT2D eigenvalue weighted by atomic mass is 10.0. The van der Waals surface area contributed by atoms with Gasteiger partial charge in [0.05, 0.1) is 5.71 Å². The summed E-state index contributed by atoms with van der Waals surface area (Å²) in [6.45, 7) is 8.06. The van der Waals surface area contributed by atoms with Gasteiger partial charge in [-0.05, 0) is 41.7 Å². The summed E-state index contributed by atoms with van der Waals surface area (Å²) in [5, 5.41) is 7.15. The summed E-state index contributed by atoms with van der Waals surface area (Å²) in [6, 6.07) is 16.6. The molecule has 0 aromatic heterocycles. The average molecular weight is 365 g/mol. The average Bonchev–Trinajstić information content (AvgIpc) is 2.62. The Morgan fingerprint density at radius 2 is 1.52 bits per heavy atom. The Bertz CT molecular complexity index is 794. The number of carbonyl (C=O) groups excluding carboxylic acids is 2.